The van der Waals surface area contributed by atoms with Gasteiger partial charge in [0.25, 0.3) is 0 Å². The molecule has 0 N–H and O–H groups in total. The summed E-state index contributed by atoms with van der Waals surface area (Å²) in [6.07, 6.45) is 7.56. The van der Waals surface area contributed by atoms with Crippen molar-refractivity contribution in [3.05, 3.63) is 66.1 Å². The fraction of sp³-hybridized carbons (Fsp3) is 0.0588. The molecule has 0 amide bonds. The van der Waals surface area contributed by atoms with Gasteiger partial charge in [-0.1, -0.05) is 24.3 Å². The largest absolute Gasteiger partial charge is 0.494 e. The van der Waals surface area contributed by atoms with Gasteiger partial charge in [0, 0.05) is 17.8 Å². The van der Waals surface area contributed by atoms with Crippen molar-refractivity contribution >= 4 is 23.1 Å². The van der Waals surface area contributed by atoms with Crippen molar-refractivity contribution in [3.63, 3.8) is 0 Å². The standard InChI is InChI=1S/C17H14N2O/c1-20-16-4-2-3-14-6-8-15(19-17(14)16)7-5-13-9-11-18-12-10-13/h2-12H,1H3/b7-5+. The number of hydrogen-bond acceptors (Lipinski definition) is 3. The Labute approximate surface area is 117 Å². The average Bonchev–Trinajstić information content (AvgIpc) is 2.53. The molecular formula is C17H14N2O. The van der Waals surface area contributed by atoms with E-state index in [0.29, 0.717) is 0 Å². The van der Waals surface area contributed by atoms with E-state index in [9.17, 15) is 0 Å². The summed E-state index contributed by atoms with van der Waals surface area (Å²) >= 11 is 0. The molecule has 0 bridgehead atoms. The van der Waals surface area contributed by atoms with Crippen molar-refractivity contribution < 1.29 is 4.74 Å². The van der Waals surface area contributed by atoms with E-state index in [1.807, 2.05) is 48.6 Å². The normalized spacial score (nSPS) is 11.1. The molecule has 3 heteroatoms. The van der Waals surface area contributed by atoms with Gasteiger partial charge in [-0.3, -0.25) is 4.98 Å². The Hall–Kier alpha value is -2.68. The van der Waals surface area contributed by atoms with Crippen LogP contribution in [0.4, 0.5) is 0 Å². The van der Waals surface area contributed by atoms with Gasteiger partial charge in [0.15, 0.2) is 0 Å². The van der Waals surface area contributed by atoms with Gasteiger partial charge in [-0.05, 0) is 35.9 Å². The Bertz CT molecular complexity index is 751. The third-order valence-electron chi connectivity index (χ3n) is 3.08. The van der Waals surface area contributed by atoms with E-state index >= 15 is 0 Å². The predicted octanol–water partition coefficient (Wildman–Crippen LogP) is 3.81. The zero-order valence-corrected chi connectivity index (χ0v) is 11.2. The maximum atomic E-state index is 5.35. The van der Waals surface area contributed by atoms with Gasteiger partial charge in [-0.15, -0.1) is 0 Å². The molecule has 0 saturated heterocycles. The van der Waals surface area contributed by atoms with Crippen LogP contribution in [0.2, 0.25) is 0 Å². The predicted molar refractivity (Wildman–Crippen MR) is 81.5 cm³/mol. The quantitative estimate of drug-likeness (QED) is 0.720. The maximum Gasteiger partial charge on any atom is 0.145 e. The fourth-order valence-electron chi connectivity index (χ4n) is 2.05. The van der Waals surface area contributed by atoms with Crippen molar-refractivity contribution in [3.8, 4) is 5.75 Å². The Morgan fingerprint density at radius 1 is 0.950 bits per heavy atom. The van der Waals surface area contributed by atoms with Gasteiger partial charge in [-0.2, -0.15) is 0 Å². The highest BCUT2D eigenvalue weighted by molar-refractivity contribution is 5.86. The molecule has 3 rings (SSSR count). The zero-order valence-electron chi connectivity index (χ0n) is 11.2. The second-order valence-corrected chi connectivity index (χ2v) is 4.38. The number of fused-ring (bicyclic) bond motifs is 1. The molecule has 98 valence electrons. The summed E-state index contributed by atoms with van der Waals surface area (Å²) in [7, 11) is 1.66. The lowest BCUT2D eigenvalue weighted by atomic mass is 10.1. The van der Waals surface area contributed by atoms with Crippen LogP contribution in [0.5, 0.6) is 5.75 Å². The molecule has 1 aromatic carbocycles. The van der Waals surface area contributed by atoms with Crippen molar-refractivity contribution in [2.45, 2.75) is 0 Å². The van der Waals surface area contributed by atoms with Gasteiger partial charge < -0.3 is 4.74 Å². The van der Waals surface area contributed by atoms with E-state index in [2.05, 4.69) is 16.0 Å². The Kier molecular flexibility index (Phi) is 3.42. The summed E-state index contributed by atoms with van der Waals surface area (Å²) in [5.41, 5.74) is 2.88. The molecule has 0 atom stereocenters. The molecular weight excluding hydrogens is 248 g/mol. The summed E-state index contributed by atoms with van der Waals surface area (Å²) in [6.45, 7) is 0. The van der Waals surface area contributed by atoms with Crippen molar-refractivity contribution in [2.24, 2.45) is 0 Å². The third kappa shape index (κ3) is 2.52. The SMILES string of the molecule is COc1cccc2ccc(/C=C/c3ccncc3)nc12. The fourth-order valence-corrected chi connectivity index (χ4v) is 2.05. The van der Waals surface area contributed by atoms with E-state index < -0.39 is 0 Å². The average molecular weight is 262 g/mol. The highest BCUT2D eigenvalue weighted by Crippen LogP contribution is 2.23. The number of methoxy groups -OCH3 is 1. The summed E-state index contributed by atoms with van der Waals surface area (Å²) in [4.78, 5) is 8.63. The van der Waals surface area contributed by atoms with Gasteiger partial charge in [0.1, 0.15) is 11.3 Å². The summed E-state index contributed by atoms with van der Waals surface area (Å²) < 4.78 is 5.35. The van der Waals surface area contributed by atoms with Crippen LogP contribution >= 0.6 is 0 Å². The van der Waals surface area contributed by atoms with Crippen LogP contribution in [0.1, 0.15) is 11.3 Å². The summed E-state index contributed by atoms with van der Waals surface area (Å²) in [6, 6.07) is 13.9. The second kappa shape index (κ2) is 5.53. The van der Waals surface area contributed by atoms with Crippen LogP contribution in [0.25, 0.3) is 23.1 Å². The van der Waals surface area contributed by atoms with E-state index in [1.165, 1.54) is 0 Å². The number of pyridine rings is 2. The molecule has 0 unspecified atom stereocenters. The molecule has 0 radical (unpaired) electrons. The van der Waals surface area contributed by atoms with Crippen molar-refractivity contribution in [2.75, 3.05) is 7.11 Å². The van der Waals surface area contributed by atoms with Crippen LogP contribution in [0.15, 0.2) is 54.9 Å². The second-order valence-electron chi connectivity index (χ2n) is 4.38. The van der Waals surface area contributed by atoms with Crippen LogP contribution in [0.3, 0.4) is 0 Å². The third-order valence-corrected chi connectivity index (χ3v) is 3.08. The Morgan fingerprint density at radius 3 is 2.60 bits per heavy atom. The first-order chi connectivity index (χ1) is 9.86. The van der Waals surface area contributed by atoms with E-state index in [4.69, 9.17) is 4.74 Å². The molecule has 3 nitrogen and oxygen atoms in total. The van der Waals surface area contributed by atoms with E-state index in [1.54, 1.807) is 19.5 Å². The molecule has 2 heterocycles. The molecule has 0 aliphatic rings. The molecule has 3 aromatic rings. The number of rotatable bonds is 3. The number of hydrogen-bond donors (Lipinski definition) is 0. The monoisotopic (exact) mass is 262 g/mol. The number of aromatic nitrogens is 2. The Morgan fingerprint density at radius 2 is 1.80 bits per heavy atom. The van der Waals surface area contributed by atoms with Crippen LogP contribution in [-0.4, -0.2) is 17.1 Å². The molecule has 0 fully saturated rings. The van der Waals surface area contributed by atoms with E-state index in [-0.39, 0.29) is 0 Å². The molecule has 20 heavy (non-hydrogen) atoms. The molecule has 2 aromatic heterocycles. The minimum atomic E-state index is 0.793. The minimum absolute atomic E-state index is 0.793. The van der Waals surface area contributed by atoms with Crippen molar-refractivity contribution in [1.29, 1.82) is 0 Å². The first-order valence-electron chi connectivity index (χ1n) is 6.39. The van der Waals surface area contributed by atoms with Gasteiger partial charge >= 0.3 is 0 Å². The summed E-state index contributed by atoms with van der Waals surface area (Å²) in [5.74, 6) is 0.793. The van der Waals surface area contributed by atoms with Crippen LogP contribution in [0, 0.1) is 0 Å². The first-order valence-corrected chi connectivity index (χ1v) is 6.39. The van der Waals surface area contributed by atoms with E-state index in [0.717, 1.165) is 27.9 Å². The first kappa shape index (κ1) is 12.4. The molecule has 0 aliphatic heterocycles. The number of ether oxygens (including phenoxy) is 1. The minimum Gasteiger partial charge on any atom is -0.494 e. The number of para-hydroxylation sites is 1. The molecule has 0 aliphatic carbocycles. The van der Waals surface area contributed by atoms with Crippen molar-refractivity contribution in [1.82, 2.24) is 9.97 Å². The number of nitrogens with zero attached hydrogens (tertiary/aromatic N) is 2. The lowest BCUT2D eigenvalue weighted by molar-refractivity contribution is 0.419. The highest BCUT2D eigenvalue weighted by atomic mass is 16.5. The van der Waals surface area contributed by atoms with Gasteiger partial charge in [0.2, 0.25) is 0 Å². The van der Waals surface area contributed by atoms with Gasteiger partial charge in [-0.25, -0.2) is 4.98 Å². The molecule has 0 saturated carbocycles. The van der Waals surface area contributed by atoms with Crippen LogP contribution in [-0.2, 0) is 0 Å². The topological polar surface area (TPSA) is 35.0 Å². The van der Waals surface area contributed by atoms with Gasteiger partial charge in [0.05, 0.1) is 12.8 Å². The molecule has 0 spiro atoms. The van der Waals surface area contributed by atoms with Crippen LogP contribution < -0.4 is 4.74 Å². The lowest BCUT2D eigenvalue weighted by Gasteiger charge is -2.04. The zero-order chi connectivity index (χ0) is 13.8. The smallest absolute Gasteiger partial charge is 0.145 e. The lowest BCUT2D eigenvalue weighted by Crippen LogP contribution is -1.89. The highest BCUT2D eigenvalue weighted by Gasteiger charge is 2.02. The summed E-state index contributed by atoms with van der Waals surface area (Å²) in [5, 5.41) is 1.07. The maximum absolute atomic E-state index is 5.35. The Balaban J connectivity index is 1.99. The number of benzene rings is 1.